The average Bonchev–Trinajstić information content (AvgIpc) is 1.12. The Kier molecular flexibility index (Phi) is 11.3. The fourth-order valence-electron chi connectivity index (χ4n) is 0. The molecule has 0 amide bonds. The molecular weight excluding hydrogens is 179 g/mol. The van der Waals surface area contributed by atoms with Crippen molar-refractivity contribution in [1.82, 2.24) is 0 Å². The van der Waals surface area contributed by atoms with Gasteiger partial charge in [-0.3, -0.25) is 0 Å². The van der Waals surface area contributed by atoms with E-state index in [1.807, 2.05) is 0 Å². The van der Waals surface area contributed by atoms with E-state index in [9.17, 15) is 0 Å². The van der Waals surface area contributed by atoms with Crippen LogP contribution >= 0.6 is 0 Å². The van der Waals surface area contributed by atoms with Crippen molar-refractivity contribution in [3.63, 3.8) is 0 Å². The van der Waals surface area contributed by atoms with E-state index in [2.05, 4.69) is 39.3 Å². The second-order valence-corrected chi connectivity index (χ2v) is 14.2. The van der Waals surface area contributed by atoms with Crippen molar-refractivity contribution in [3.05, 3.63) is 0 Å². The van der Waals surface area contributed by atoms with Gasteiger partial charge in [0.1, 0.15) is 16.5 Å². The maximum atomic E-state index is 5.49. The monoisotopic (exact) mass is 201 g/mol. The van der Waals surface area contributed by atoms with Crippen LogP contribution in [0.1, 0.15) is 0 Å². The molecule has 0 bridgehead atoms. The summed E-state index contributed by atoms with van der Waals surface area (Å²) < 4.78 is 0. The van der Waals surface area contributed by atoms with E-state index in [1.165, 1.54) is 0 Å². The molecule has 0 aliphatic rings. The average molecular weight is 201 g/mol. The molecule has 0 atom stereocenters. The van der Waals surface area contributed by atoms with Crippen LogP contribution in [0.4, 0.5) is 0 Å². The van der Waals surface area contributed by atoms with Crippen molar-refractivity contribution in [2.45, 2.75) is 39.3 Å². The summed E-state index contributed by atoms with van der Waals surface area (Å²) in [5.41, 5.74) is 0. The number of nitrogens with two attached hydrogens (primary N) is 2. The van der Waals surface area contributed by atoms with Crippen molar-refractivity contribution < 1.29 is 0 Å². The van der Waals surface area contributed by atoms with Crippen LogP contribution in [0.2, 0.25) is 39.3 Å². The van der Waals surface area contributed by atoms with Crippen molar-refractivity contribution in [3.8, 4) is 0 Å². The van der Waals surface area contributed by atoms with Gasteiger partial charge >= 0.3 is 0 Å². The maximum absolute atomic E-state index is 5.49. The smallest absolute Gasteiger partial charge is 0.113 e. The Hall–Kier alpha value is 1.35. The summed E-state index contributed by atoms with van der Waals surface area (Å²) in [6, 6.07) is 0. The third kappa shape index (κ3) is 542. The first-order valence-electron chi connectivity index (χ1n) is 3.58. The van der Waals surface area contributed by atoms with Gasteiger partial charge in [0, 0.05) is 29.6 Å². The van der Waals surface area contributed by atoms with Crippen LogP contribution in [0.25, 0.3) is 0 Å². The molecule has 0 unspecified atom stereocenters. The van der Waals surface area contributed by atoms with Gasteiger partial charge in [-0.1, -0.05) is 39.3 Å². The molecule has 0 aliphatic carbocycles. The minimum absolute atomic E-state index is 0. The Morgan fingerprint density at radius 3 is 0.636 bits per heavy atom. The Bertz CT molecular complexity index is 61.6. The Morgan fingerprint density at radius 2 is 0.636 bits per heavy atom. The standard InChI is InChI=1S/2C3H11NSi.Na/c2*1-5(2,3)4;/h2*4H2,1-3H3;. The zero-order valence-electron chi connectivity index (χ0n) is 9.15. The van der Waals surface area contributed by atoms with E-state index in [0.29, 0.717) is 0 Å². The van der Waals surface area contributed by atoms with Crippen molar-refractivity contribution in [2.75, 3.05) is 0 Å². The van der Waals surface area contributed by atoms with E-state index in [0.717, 1.165) is 0 Å². The van der Waals surface area contributed by atoms with Crippen LogP contribution in [-0.2, 0) is 0 Å². The molecule has 0 aliphatic heterocycles. The summed E-state index contributed by atoms with van der Waals surface area (Å²) in [4.78, 5) is 0. The molecule has 0 aromatic rings. The second-order valence-electron chi connectivity index (χ2n) is 4.73. The normalized spacial score (nSPS) is 10.9. The SMILES string of the molecule is C[Si](C)(C)N.C[Si](C)(C)N.[Na]. The van der Waals surface area contributed by atoms with Crippen LogP contribution in [0.15, 0.2) is 0 Å². The van der Waals surface area contributed by atoms with Gasteiger partial charge in [-0.25, -0.2) is 0 Å². The molecule has 0 spiro atoms. The number of hydrogen-bond acceptors (Lipinski definition) is 2. The Labute approximate surface area is 95.6 Å². The molecular formula is C6H22N2NaSi2. The predicted octanol–water partition coefficient (Wildman–Crippen LogP) is 1.18. The zero-order chi connectivity index (χ0) is 9.00. The topological polar surface area (TPSA) is 52.0 Å². The first kappa shape index (κ1) is 18.2. The summed E-state index contributed by atoms with van der Waals surface area (Å²) in [5, 5.41) is 11.0. The van der Waals surface area contributed by atoms with E-state index < -0.39 is 16.5 Å². The molecule has 0 aromatic carbocycles. The second kappa shape index (κ2) is 6.83. The molecule has 0 fully saturated rings. The fraction of sp³-hybridized carbons (Fsp3) is 1.00. The maximum Gasteiger partial charge on any atom is 0.113 e. The first-order valence-corrected chi connectivity index (χ1v) is 10.7. The van der Waals surface area contributed by atoms with Gasteiger partial charge in [0.15, 0.2) is 0 Å². The van der Waals surface area contributed by atoms with Crippen molar-refractivity contribution in [2.24, 2.45) is 10.8 Å². The molecule has 0 heterocycles. The largest absolute Gasteiger partial charge is 0.351 e. The summed E-state index contributed by atoms with van der Waals surface area (Å²) in [7, 11) is -2.22. The van der Waals surface area contributed by atoms with Gasteiger partial charge < -0.3 is 10.8 Å². The van der Waals surface area contributed by atoms with Crippen LogP contribution in [0.3, 0.4) is 0 Å². The molecule has 2 nitrogen and oxygen atoms in total. The molecule has 4 N–H and O–H groups in total. The van der Waals surface area contributed by atoms with Crippen molar-refractivity contribution in [1.29, 1.82) is 0 Å². The number of rotatable bonds is 0. The third-order valence-electron chi connectivity index (χ3n) is 0. The molecule has 65 valence electrons. The van der Waals surface area contributed by atoms with E-state index in [1.54, 1.807) is 0 Å². The van der Waals surface area contributed by atoms with Gasteiger partial charge in [-0.05, 0) is 0 Å². The summed E-state index contributed by atoms with van der Waals surface area (Å²) in [5.74, 6) is 0. The van der Waals surface area contributed by atoms with Crippen LogP contribution in [0.5, 0.6) is 0 Å². The zero-order valence-corrected chi connectivity index (χ0v) is 13.2. The predicted molar refractivity (Wildman–Crippen MR) is 60.8 cm³/mol. The minimum atomic E-state index is -1.11. The minimum Gasteiger partial charge on any atom is -0.351 e. The van der Waals surface area contributed by atoms with Gasteiger partial charge in [0.05, 0.1) is 0 Å². The van der Waals surface area contributed by atoms with Crippen LogP contribution in [0, 0.1) is 0 Å². The molecule has 0 saturated heterocycles. The quantitative estimate of drug-likeness (QED) is 0.578. The van der Waals surface area contributed by atoms with Crippen molar-refractivity contribution >= 4 is 46.0 Å². The summed E-state index contributed by atoms with van der Waals surface area (Å²) >= 11 is 0. The summed E-state index contributed by atoms with van der Waals surface area (Å²) in [6.07, 6.45) is 0. The summed E-state index contributed by atoms with van der Waals surface area (Å²) in [6.45, 7) is 12.6. The third-order valence-corrected chi connectivity index (χ3v) is 0. The van der Waals surface area contributed by atoms with Gasteiger partial charge in [0.2, 0.25) is 0 Å². The molecule has 1 radical (unpaired) electrons. The molecule has 0 aromatic heterocycles. The van der Waals surface area contributed by atoms with Gasteiger partial charge in [0.25, 0.3) is 0 Å². The first-order chi connectivity index (χ1) is 4.00. The molecule has 0 saturated carbocycles. The fourth-order valence-corrected chi connectivity index (χ4v) is 0. The number of hydrogen-bond donors (Lipinski definition) is 2. The van der Waals surface area contributed by atoms with Crippen LogP contribution in [-0.4, -0.2) is 46.0 Å². The van der Waals surface area contributed by atoms with E-state index in [4.69, 9.17) is 10.8 Å². The molecule has 5 heteroatoms. The van der Waals surface area contributed by atoms with Crippen LogP contribution < -0.4 is 10.8 Å². The van der Waals surface area contributed by atoms with E-state index in [-0.39, 0.29) is 29.6 Å². The Balaban J connectivity index is -0.000000107. The molecule has 0 rings (SSSR count). The Morgan fingerprint density at radius 1 is 0.636 bits per heavy atom. The molecule has 11 heavy (non-hydrogen) atoms. The van der Waals surface area contributed by atoms with Gasteiger partial charge in [-0.15, -0.1) is 0 Å². The van der Waals surface area contributed by atoms with Gasteiger partial charge in [-0.2, -0.15) is 0 Å². The van der Waals surface area contributed by atoms with E-state index >= 15 is 0 Å².